The predicted octanol–water partition coefficient (Wildman–Crippen LogP) is 3.18. The first-order valence-corrected chi connectivity index (χ1v) is 14.5. The average molecular weight is 596 g/mol. The molecule has 0 bridgehead atoms. The Balaban J connectivity index is 2.02. The summed E-state index contributed by atoms with van der Waals surface area (Å²) < 4.78 is 10.2. The van der Waals surface area contributed by atoms with Gasteiger partial charge in [0.25, 0.3) is 11.8 Å². The third-order valence-corrected chi connectivity index (χ3v) is 8.17. The number of esters is 2. The van der Waals surface area contributed by atoms with Gasteiger partial charge in [0.15, 0.2) is 0 Å². The molecule has 2 aromatic rings. The summed E-state index contributed by atoms with van der Waals surface area (Å²) in [6.45, 7) is 11.7. The predicted molar refractivity (Wildman–Crippen MR) is 160 cm³/mol. The van der Waals surface area contributed by atoms with Crippen molar-refractivity contribution in [3.8, 4) is 5.75 Å². The summed E-state index contributed by atoms with van der Waals surface area (Å²) in [4.78, 5) is 66.3. The van der Waals surface area contributed by atoms with E-state index in [1.807, 2.05) is 44.2 Å². The van der Waals surface area contributed by atoms with E-state index in [1.54, 1.807) is 31.2 Å². The minimum atomic E-state index is -1.44. The molecule has 42 heavy (non-hydrogen) atoms. The Bertz CT molecular complexity index is 1350. The fourth-order valence-corrected chi connectivity index (χ4v) is 5.94. The van der Waals surface area contributed by atoms with Gasteiger partial charge in [-0.2, -0.15) is 0 Å². The summed E-state index contributed by atoms with van der Waals surface area (Å²) in [5.41, 5.74) is 1.44. The average Bonchev–Trinajstić information content (AvgIpc) is 3.25. The number of amides is 3. The van der Waals surface area contributed by atoms with Gasteiger partial charge in [0, 0.05) is 36.3 Å². The maximum atomic E-state index is 14.2. The molecule has 0 spiro atoms. The van der Waals surface area contributed by atoms with Crippen molar-refractivity contribution >= 4 is 41.4 Å². The molecule has 0 aliphatic carbocycles. The van der Waals surface area contributed by atoms with Gasteiger partial charge in [-0.15, -0.1) is 18.3 Å². The quantitative estimate of drug-likeness (QED) is 0.230. The molecule has 3 amide bonds. The lowest BCUT2D eigenvalue weighted by Crippen LogP contribution is -2.59. The second-order valence-electron chi connectivity index (χ2n) is 10.4. The van der Waals surface area contributed by atoms with E-state index in [0.717, 1.165) is 5.56 Å². The van der Waals surface area contributed by atoms with Gasteiger partial charge in [0.05, 0.1) is 11.9 Å². The Labute approximate surface area is 250 Å². The van der Waals surface area contributed by atoms with Crippen LogP contribution in [0.15, 0.2) is 61.2 Å². The van der Waals surface area contributed by atoms with E-state index >= 15 is 0 Å². The van der Waals surface area contributed by atoms with E-state index in [0.29, 0.717) is 5.56 Å². The van der Waals surface area contributed by atoms with Crippen LogP contribution >= 0.6 is 11.8 Å². The summed E-state index contributed by atoms with van der Waals surface area (Å²) in [6.07, 6.45) is 0.259. The third kappa shape index (κ3) is 8.00. The second-order valence-corrected chi connectivity index (χ2v) is 12.0. The first kappa shape index (κ1) is 32.4. The molecule has 10 nitrogen and oxygen atoms in total. The molecule has 2 unspecified atom stereocenters. The highest BCUT2D eigenvalue weighted by Gasteiger charge is 2.50. The fraction of sp³-hybridized carbons (Fsp3) is 0.387. The lowest BCUT2D eigenvalue weighted by molar-refractivity contribution is -0.162. The van der Waals surface area contributed by atoms with Crippen LogP contribution < -0.4 is 15.4 Å². The minimum Gasteiger partial charge on any atom is -0.450 e. The molecule has 2 aromatic carbocycles. The summed E-state index contributed by atoms with van der Waals surface area (Å²) in [6, 6.07) is 12.0. The number of ether oxygens (including phenoxy) is 2. The van der Waals surface area contributed by atoms with E-state index in [9.17, 15) is 24.0 Å². The lowest BCUT2D eigenvalue weighted by Gasteiger charge is -2.34. The molecule has 0 aromatic heterocycles. The van der Waals surface area contributed by atoms with E-state index in [-0.39, 0.29) is 36.1 Å². The van der Waals surface area contributed by atoms with Crippen LogP contribution in [-0.4, -0.2) is 69.9 Å². The molecule has 1 saturated heterocycles. The van der Waals surface area contributed by atoms with Crippen molar-refractivity contribution in [1.29, 1.82) is 0 Å². The Hall–Kier alpha value is -4.12. The van der Waals surface area contributed by atoms with Crippen LogP contribution in [0.1, 0.15) is 49.2 Å². The SMILES string of the molecule is C=CCNC(=O)C1N(C(=O)[C@@H](OC(C)=O)C(Cc2ccccc2)NC(=O)c2cccc(OC(C)=O)c2C)CSC1(C)C. The van der Waals surface area contributed by atoms with Gasteiger partial charge in [0.2, 0.25) is 12.0 Å². The van der Waals surface area contributed by atoms with E-state index in [2.05, 4.69) is 17.2 Å². The lowest BCUT2D eigenvalue weighted by atomic mass is 9.96. The molecule has 1 heterocycles. The Morgan fingerprint density at radius 1 is 1.07 bits per heavy atom. The van der Waals surface area contributed by atoms with E-state index in [4.69, 9.17) is 9.47 Å². The smallest absolute Gasteiger partial charge is 0.308 e. The van der Waals surface area contributed by atoms with Crippen molar-refractivity contribution in [3.05, 3.63) is 77.9 Å². The molecule has 224 valence electrons. The number of thioether (sulfide) groups is 1. The fourth-order valence-electron chi connectivity index (χ4n) is 4.80. The maximum Gasteiger partial charge on any atom is 0.308 e. The van der Waals surface area contributed by atoms with Crippen LogP contribution in [-0.2, 0) is 30.3 Å². The van der Waals surface area contributed by atoms with Crippen molar-refractivity contribution in [1.82, 2.24) is 15.5 Å². The third-order valence-electron chi connectivity index (χ3n) is 6.80. The number of benzene rings is 2. The monoisotopic (exact) mass is 595 g/mol. The first-order valence-electron chi connectivity index (χ1n) is 13.5. The molecule has 1 aliphatic rings. The molecule has 3 rings (SSSR count). The topological polar surface area (TPSA) is 131 Å². The Morgan fingerprint density at radius 3 is 2.38 bits per heavy atom. The molecule has 1 fully saturated rings. The van der Waals surface area contributed by atoms with Crippen molar-refractivity contribution < 1.29 is 33.4 Å². The van der Waals surface area contributed by atoms with Gasteiger partial charge in [-0.1, -0.05) is 42.5 Å². The Morgan fingerprint density at radius 2 is 1.76 bits per heavy atom. The molecular weight excluding hydrogens is 558 g/mol. The van der Waals surface area contributed by atoms with Gasteiger partial charge in [-0.3, -0.25) is 24.0 Å². The number of nitrogens with zero attached hydrogens (tertiary/aromatic N) is 1. The number of carbonyl (C=O) groups excluding carboxylic acids is 5. The van der Waals surface area contributed by atoms with Crippen molar-refractivity contribution in [2.45, 2.75) is 64.0 Å². The van der Waals surface area contributed by atoms with E-state index in [1.165, 1.54) is 30.5 Å². The minimum absolute atomic E-state index is 0.149. The zero-order chi connectivity index (χ0) is 31.0. The van der Waals surface area contributed by atoms with Crippen LogP contribution in [0, 0.1) is 6.92 Å². The molecular formula is C31H37N3O7S. The molecule has 0 saturated carbocycles. The van der Waals surface area contributed by atoms with Gasteiger partial charge in [0.1, 0.15) is 11.8 Å². The second kappa shape index (κ2) is 14.2. The number of nitrogens with one attached hydrogen (secondary N) is 2. The zero-order valence-electron chi connectivity index (χ0n) is 24.5. The van der Waals surface area contributed by atoms with E-state index < -0.39 is 46.7 Å². The summed E-state index contributed by atoms with van der Waals surface area (Å²) >= 11 is 1.43. The van der Waals surface area contributed by atoms with Gasteiger partial charge in [-0.05, 0) is 44.9 Å². The zero-order valence-corrected chi connectivity index (χ0v) is 25.3. The van der Waals surface area contributed by atoms with Gasteiger partial charge in [-0.25, -0.2) is 0 Å². The Kier molecular flexibility index (Phi) is 10.9. The highest BCUT2D eigenvalue weighted by atomic mass is 32.2. The molecule has 11 heteroatoms. The molecule has 2 N–H and O–H groups in total. The van der Waals surface area contributed by atoms with Crippen LogP contribution in [0.2, 0.25) is 0 Å². The number of rotatable bonds is 11. The number of carbonyl (C=O) groups is 5. The van der Waals surface area contributed by atoms with Gasteiger partial charge < -0.3 is 25.0 Å². The normalized spacial score (nSPS) is 17.0. The van der Waals surface area contributed by atoms with Crippen LogP contribution in [0.25, 0.3) is 0 Å². The summed E-state index contributed by atoms with van der Waals surface area (Å²) in [5, 5.41) is 5.65. The summed E-state index contributed by atoms with van der Waals surface area (Å²) in [7, 11) is 0. The summed E-state index contributed by atoms with van der Waals surface area (Å²) in [5.74, 6) is -2.35. The number of hydrogen-bond acceptors (Lipinski definition) is 8. The van der Waals surface area contributed by atoms with Gasteiger partial charge >= 0.3 is 11.9 Å². The highest BCUT2D eigenvalue weighted by Crippen LogP contribution is 2.40. The molecule has 1 aliphatic heterocycles. The van der Waals surface area contributed by atoms with Crippen LogP contribution in [0.3, 0.4) is 0 Å². The van der Waals surface area contributed by atoms with Crippen LogP contribution in [0.5, 0.6) is 5.75 Å². The molecule has 3 atom stereocenters. The standard InChI is InChI=1S/C31H37N3O7S/c1-7-16-32-29(38)27-31(5,6)42-18-34(27)30(39)26(41-21(4)36)24(17-22-12-9-8-10-13-22)33-28(37)23-14-11-15-25(19(23)2)40-20(3)35/h7-15,24,26-27H,1,16-18H2,2-6H3,(H,32,38)(H,33,37)/t24?,26-,27?/m0/s1. The largest absolute Gasteiger partial charge is 0.450 e. The van der Waals surface area contributed by atoms with Crippen molar-refractivity contribution in [2.75, 3.05) is 12.4 Å². The van der Waals surface area contributed by atoms with Crippen LogP contribution in [0.4, 0.5) is 0 Å². The number of hydrogen-bond donors (Lipinski definition) is 2. The van der Waals surface area contributed by atoms with Crippen molar-refractivity contribution in [3.63, 3.8) is 0 Å². The van der Waals surface area contributed by atoms with Crippen molar-refractivity contribution in [2.24, 2.45) is 0 Å². The molecule has 0 radical (unpaired) electrons. The highest BCUT2D eigenvalue weighted by molar-refractivity contribution is 8.00. The first-order chi connectivity index (χ1) is 19.9. The maximum absolute atomic E-state index is 14.2.